The molecule has 1 saturated heterocycles. The third-order valence-electron chi connectivity index (χ3n) is 3.82. The van der Waals surface area contributed by atoms with Crippen molar-refractivity contribution < 1.29 is 8.81 Å². The van der Waals surface area contributed by atoms with Gasteiger partial charge in [0.25, 0.3) is 0 Å². The van der Waals surface area contributed by atoms with E-state index in [1.54, 1.807) is 19.9 Å². The van der Waals surface area contributed by atoms with Gasteiger partial charge >= 0.3 is 6.01 Å². The van der Waals surface area contributed by atoms with Crippen LogP contribution in [0.5, 0.6) is 0 Å². The second kappa shape index (κ2) is 5.23. The highest BCUT2D eigenvalue weighted by Crippen LogP contribution is 2.25. The van der Waals surface area contributed by atoms with Gasteiger partial charge in [-0.25, -0.2) is 4.39 Å². The Bertz CT molecular complexity index is 611. The van der Waals surface area contributed by atoms with Crippen LogP contribution in [0.3, 0.4) is 0 Å². The minimum atomic E-state index is -0.136. The van der Waals surface area contributed by atoms with E-state index in [1.165, 1.54) is 5.56 Å². The fourth-order valence-electron chi connectivity index (χ4n) is 2.75. The van der Waals surface area contributed by atoms with Gasteiger partial charge in [-0.2, -0.15) is 0 Å². The normalized spacial score (nSPS) is 18.8. The van der Waals surface area contributed by atoms with Gasteiger partial charge in [0.05, 0.1) is 0 Å². The number of hydrogen-bond donors (Lipinski definition) is 0. The first-order valence-corrected chi connectivity index (χ1v) is 6.92. The maximum absolute atomic E-state index is 13.3. The van der Waals surface area contributed by atoms with Crippen LogP contribution in [-0.4, -0.2) is 23.3 Å². The summed E-state index contributed by atoms with van der Waals surface area (Å²) in [4.78, 5) is 2.13. The molecule has 1 atom stereocenters. The molecule has 0 radical (unpaired) electrons. The molecule has 1 unspecified atom stereocenters. The van der Waals surface area contributed by atoms with Crippen LogP contribution < -0.4 is 4.90 Å². The summed E-state index contributed by atoms with van der Waals surface area (Å²) < 4.78 is 18.7. The summed E-state index contributed by atoms with van der Waals surface area (Å²) in [6.45, 7) is 5.46. The fraction of sp³-hybridized carbons (Fsp3) is 0.467. The maximum Gasteiger partial charge on any atom is 0.318 e. The van der Waals surface area contributed by atoms with Gasteiger partial charge in [-0.15, -0.1) is 5.10 Å². The summed E-state index contributed by atoms with van der Waals surface area (Å²) in [5, 5.41) is 7.92. The lowest BCUT2D eigenvalue weighted by Gasteiger charge is -2.13. The van der Waals surface area contributed by atoms with E-state index in [1.807, 2.05) is 12.1 Å². The number of rotatable bonds is 3. The van der Waals surface area contributed by atoms with Gasteiger partial charge in [0, 0.05) is 20.0 Å². The molecule has 0 amide bonds. The first-order valence-electron chi connectivity index (χ1n) is 6.92. The van der Waals surface area contributed by atoms with E-state index in [9.17, 15) is 4.39 Å². The number of aryl methyl sites for hydroxylation is 2. The van der Waals surface area contributed by atoms with E-state index in [-0.39, 0.29) is 5.82 Å². The Kier molecular flexibility index (Phi) is 3.42. The average molecular weight is 275 g/mol. The van der Waals surface area contributed by atoms with Crippen LogP contribution in [0.25, 0.3) is 0 Å². The fourth-order valence-corrected chi connectivity index (χ4v) is 2.75. The predicted molar refractivity (Wildman–Crippen MR) is 74.2 cm³/mol. The van der Waals surface area contributed by atoms with Gasteiger partial charge in [-0.05, 0) is 42.9 Å². The third-order valence-corrected chi connectivity index (χ3v) is 3.82. The molecule has 5 heteroatoms. The van der Waals surface area contributed by atoms with Crippen molar-refractivity contribution in [3.8, 4) is 0 Å². The number of hydrogen-bond acceptors (Lipinski definition) is 4. The third kappa shape index (κ3) is 2.66. The van der Waals surface area contributed by atoms with Crippen molar-refractivity contribution >= 4 is 6.01 Å². The number of aromatic nitrogens is 2. The van der Waals surface area contributed by atoms with E-state index in [0.29, 0.717) is 23.4 Å². The highest BCUT2D eigenvalue weighted by molar-refractivity contribution is 5.28. The van der Waals surface area contributed by atoms with E-state index in [4.69, 9.17) is 4.42 Å². The van der Waals surface area contributed by atoms with Crippen LogP contribution in [-0.2, 0) is 6.42 Å². The van der Waals surface area contributed by atoms with Crippen molar-refractivity contribution in [3.63, 3.8) is 0 Å². The average Bonchev–Trinajstić information content (AvgIpc) is 3.03. The Morgan fingerprint density at radius 1 is 1.35 bits per heavy atom. The lowest BCUT2D eigenvalue weighted by molar-refractivity contribution is 0.508. The van der Waals surface area contributed by atoms with Crippen LogP contribution in [0.4, 0.5) is 10.4 Å². The molecule has 106 valence electrons. The van der Waals surface area contributed by atoms with Gasteiger partial charge in [-0.1, -0.05) is 17.2 Å². The molecule has 1 aliphatic heterocycles. The molecule has 0 saturated carbocycles. The predicted octanol–water partition coefficient (Wildman–Crippen LogP) is 2.89. The molecule has 2 aromatic rings. The van der Waals surface area contributed by atoms with Gasteiger partial charge in [0.15, 0.2) is 0 Å². The van der Waals surface area contributed by atoms with Crippen LogP contribution in [0.15, 0.2) is 22.6 Å². The first kappa shape index (κ1) is 13.1. The lowest BCUT2D eigenvalue weighted by atomic mass is 9.97. The molecule has 20 heavy (non-hydrogen) atoms. The Morgan fingerprint density at radius 3 is 2.90 bits per heavy atom. The molecule has 1 aromatic heterocycles. The summed E-state index contributed by atoms with van der Waals surface area (Å²) in [6, 6.07) is 5.98. The molecule has 0 N–H and O–H groups in total. The molecule has 2 heterocycles. The molecular formula is C15H18FN3O. The van der Waals surface area contributed by atoms with Crippen LogP contribution in [0.2, 0.25) is 0 Å². The monoisotopic (exact) mass is 275 g/mol. The zero-order valence-electron chi connectivity index (χ0n) is 11.8. The molecule has 3 rings (SSSR count). The Labute approximate surface area is 117 Å². The minimum absolute atomic E-state index is 0.136. The van der Waals surface area contributed by atoms with Crippen LogP contribution in [0, 0.1) is 25.6 Å². The summed E-state index contributed by atoms with van der Waals surface area (Å²) in [5.74, 6) is 1.01. The zero-order valence-corrected chi connectivity index (χ0v) is 11.8. The van der Waals surface area contributed by atoms with E-state index >= 15 is 0 Å². The van der Waals surface area contributed by atoms with Crippen LogP contribution >= 0.6 is 0 Å². The number of nitrogens with zero attached hydrogens (tertiary/aromatic N) is 3. The molecule has 4 nitrogen and oxygen atoms in total. The van der Waals surface area contributed by atoms with Crippen molar-refractivity contribution in [2.45, 2.75) is 26.7 Å². The molecule has 0 bridgehead atoms. The van der Waals surface area contributed by atoms with E-state index in [0.717, 1.165) is 25.9 Å². The molecule has 0 aliphatic carbocycles. The van der Waals surface area contributed by atoms with Crippen molar-refractivity contribution in [2.75, 3.05) is 18.0 Å². The van der Waals surface area contributed by atoms with Crippen LogP contribution in [0.1, 0.15) is 23.4 Å². The summed E-state index contributed by atoms with van der Waals surface area (Å²) >= 11 is 0. The largest absolute Gasteiger partial charge is 0.408 e. The maximum atomic E-state index is 13.3. The standard InChI is InChI=1S/C15H18FN3O/c1-10-7-12(3-4-14(10)16)8-13-5-6-19(9-13)15-18-17-11(2)20-15/h3-4,7,13H,5-6,8-9H2,1-2H3. The molecule has 1 fully saturated rings. The number of anilines is 1. The van der Waals surface area contributed by atoms with Gasteiger partial charge < -0.3 is 9.32 Å². The Hall–Kier alpha value is -1.91. The second-order valence-corrected chi connectivity index (χ2v) is 5.49. The van der Waals surface area contributed by atoms with Crippen molar-refractivity contribution in [2.24, 2.45) is 5.92 Å². The summed E-state index contributed by atoms with van der Waals surface area (Å²) in [5.41, 5.74) is 1.90. The zero-order chi connectivity index (χ0) is 14.1. The number of halogens is 1. The van der Waals surface area contributed by atoms with Crippen molar-refractivity contribution in [1.29, 1.82) is 0 Å². The molecule has 1 aromatic carbocycles. The highest BCUT2D eigenvalue weighted by Gasteiger charge is 2.26. The topological polar surface area (TPSA) is 42.2 Å². The first-order chi connectivity index (χ1) is 9.61. The Morgan fingerprint density at radius 2 is 2.20 bits per heavy atom. The second-order valence-electron chi connectivity index (χ2n) is 5.49. The van der Waals surface area contributed by atoms with E-state index < -0.39 is 0 Å². The molecular weight excluding hydrogens is 257 g/mol. The van der Waals surface area contributed by atoms with Gasteiger partial charge in [0.1, 0.15) is 5.82 Å². The minimum Gasteiger partial charge on any atom is -0.408 e. The van der Waals surface area contributed by atoms with Gasteiger partial charge in [-0.3, -0.25) is 0 Å². The Balaban J connectivity index is 1.64. The van der Waals surface area contributed by atoms with Crippen molar-refractivity contribution in [1.82, 2.24) is 10.2 Å². The molecule has 1 aliphatic rings. The van der Waals surface area contributed by atoms with Crippen molar-refractivity contribution in [3.05, 3.63) is 41.0 Å². The molecule has 0 spiro atoms. The number of benzene rings is 1. The quantitative estimate of drug-likeness (QED) is 0.863. The SMILES string of the molecule is Cc1nnc(N2CCC(Cc3ccc(F)c(C)c3)C2)o1. The van der Waals surface area contributed by atoms with Gasteiger partial charge in [0.2, 0.25) is 5.89 Å². The lowest BCUT2D eigenvalue weighted by Crippen LogP contribution is -2.20. The summed E-state index contributed by atoms with van der Waals surface area (Å²) in [7, 11) is 0. The summed E-state index contributed by atoms with van der Waals surface area (Å²) in [6.07, 6.45) is 2.06. The highest BCUT2D eigenvalue weighted by atomic mass is 19.1. The van der Waals surface area contributed by atoms with E-state index in [2.05, 4.69) is 15.1 Å². The smallest absolute Gasteiger partial charge is 0.318 e.